The van der Waals surface area contributed by atoms with E-state index in [9.17, 15) is 19.4 Å². The summed E-state index contributed by atoms with van der Waals surface area (Å²) in [5.41, 5.74) is 0. The van der Waals surface area contributed by atoms with Gasteiger partial charge in [-0.1, -0.05) is 146 Å². The van der Waals surface area contributed by atoms with Crippen LogP contribution in [-0.4, -0.2) is 68.5 Å². The number of phosphoric ester groups is 1. The number of likely N-dealkylation sites (N-methyl/N-ethyl adjacent to an activating group) is 1. The van der Waals surface area contributed by atoms with Gasteiger partial charge in [0.05, 0.1) is 39.9 Å². The van der Waals surface area contributed by atoms with Crippen LogP contribution in [0, 0.1) is 0 Å². The molecular weight excluding hydrogens is 683 g/mol. The number of phosphoric acid groups is 1. The van der Waals surface area contributed by atoms with Crippen LogP contribution in [-0.2, 0) is 18.4 Å². The standard InChI is InChI=1S/C44H83N2O6P/c1-6-8-10-12-14-16-18-20-22-24-26-28-30-32-34-36-38-44(48)45-42(41-52-53(49,50)51-40-39-46(3,4)5)43(47)37-35-33-31-29-27-25-23-21-19-17-15-13-11-9-7-2/h19,21-22,24,27,29,35,37,42-43,47H,6-18,20,23,25-26,28,30-34,36,38-41H2,1-5H3,(H-,45,48,49,50)/b21-19+,24-22-,29-27+,37-35+. The monoisotopic (exact) mass is 767 g/mol. The Morgan fingerprint density at radius 1 is 0.642 bits per heavy atom. The van der Waals surface area contributed by atoms with Crippen LogP contribution in [0.3, 0.4) is 0 Å². The van der Waals surface area contributed by atoms with Gasteiger partial charge in [0, 0.05) is 6.42 Å². The van der Waals surface area contributed by atoms with E-state index in [0.29, 0.717) is 17.4 Å². The van der Waals surface area contributed by atoms with Crippen molar-refractivity contribution in [3.63, 3.8) is 0 Å². The van der Waals surface area contributed by atoms with Crippen molar-refractivity contribution in [1.82, 2.24) is 5.32 Å². The summed E-state index contributed by atoms with van der Waals surface area (Å²) in [6.07, 6.45) is 44.4. The largest absolute Gasteiger partial charge is 0.756 e. The molecule has 0 aromatic carbocycles. The Bertz CT molecular complexity index is 1010. The number of aliphatic hydroxyl groups excluding tert-OH is 1. The van der Waals surface area contributed by atoms with Gasteiger partial charge in [0.1, 0.15) is 13.2 Å². The molecule has 0 aliphatic rings. The fourth-order valence-corrected chi connectivity index (χ4v) is 6.49. The van der Waals surface area contributed by atoms with Gasteiger partial charge in [-0.05, 0) is 70.6 Å². The second-order valence-electron chi connectivity index (χ2n) is 15.7. The molecule has 3 atom stereocenters. The number of amides is 1. The zero-order valence-corrected chi connectivity index (χ0v) is 35.8. The minimum atomic E-state index is -4.60. The Labute approximate surface area is 327 Å². The van der Waals surface area contributed by atoms with Crippen molar-refractivity contribution in [2.24, 2.45) is 0 Å². The Balaban J connectivity index is 4.55. The van der Waals surface area contributed by atoms with Crippen LogP contribution in [0.25, 0.3) is 0 Å². The van der Waals surface area contributed by atoms with E-state index in [2.05, 4.69) is 55.6 Å². The molecule has 0 bridgehead atoms. The fourth-order valence-electron chi connectivity index (χ4n) is 5.76. The average Bonchev–Trinajstić information content (AvgIpc) is 3.10. The van der Waals surface area contributed by atoms with Gasteiger partial charge in [-0.3, -0.25) is 9.36 Å². The summed E-state index contributed by atoms with van der Waals surface area (Å²) in [6, 6.07) is -0.912. The molecule has 0 aliphatic carbocycles. The van der Waals surface area contributed by atoms with Crippen LogP contribution in [0.2, 0.25) is 0 Å². The zero-order valence-electron chi connectivity index (χ0n) is 35.0. The number of nitrogens with zero attached hydrogens (tertiary/aromatic N) is 1. The number of hydrogen-bond donors (Lipinski definition) is 2. The van der Waals surface area contributed by atoms with Crippen molar-refractivity contribution in [3.05, 3.63) is 48.6 Å². The van der Waals surface area contributed by atoms with Crippen molar-refractivity contribution in [2.45, 2.75) is 187 Å². The molecule has 8 nitrogen and oxygen atoms in total. The number of hydrogen-bond acceptors (Lipinski definition) is 6. The molecule has 2 N–H and O–H groups in total. The SMILES string of the molecule is CCCCCCC/C=C/CC/C=C/CC/C=C/C(O)C(COP(=O)([O-])OCC[N+](C)(C)C)NC(=O)CCCCCCC/C=C\CCCCCCCCC. The molecule has 0 rings (SSSR count). The third-order valence-corrected chi connectivity index (χ3v) is 10.2. The van der Waals surface area contributed by atoms with Gasteiger partial charge in [-0.15, -0.1) is 0 Å². The molecular formula is C44H83N2O6P. The molecule has 0 fully saturated rings. The van der Waals surface area contributed by atoms with Crippen molar-refractivity contribution in [2.75, 3.05) is 40.9 Å². The molecule has 3 unspecified atom stereocenters. The molecule has 0 aromatic heterocycles. The molecule has 0 heterocycles. The molecule has 0 saturated heterocycles. The molecule has 1 amide bonds. The van der Waals surface area contributed by atoms with Crippen LogP contribution in [0.1, 0.15) is 174 Å². The van der Waals surface area contributed by atoms with Gasteiger partial charge in [0.25, 0.3) is 7.82 Å². The van der Waals surface area contributed by atoms with Gasteiger partial charge in [0.15, 0.2) is 0 Å². The second kappa shape index (κ2) is 36.1. The Morgan fingerprint density at radius 3 is 1.53 bits per heavy atom. The summed E-state index contributed by atoms with van der Waals surface area (Å²) in [5.74, 6) is -0.223. The summed E-state index contributed by atoms with van der Waals surface area (Å²) >= 11 is 0. The summed E-state index contributed by atoms with van der Waals surface area (Å²) in [7, 11) is 1.22. The van der Waals surface area contributed by atoms with Gasteiger partial charge in [-0.25, -0.2) is 0 Å². The first-order valence-corrected chi connectivity index (χ1v) is 23.0. The lowest BCUT2D eigenvalue weighted by Crippen LogP contribution is -2.45. The van der Waals surface area contributed by atoms with Crippen molar-refractivity contribution < 1.29 is 32.9 Å². The number of carbonyl (C=O) groups is 1. The summed E-state index contributed by atoms with van der Waals surface area (Å²) in [4.78, 5) is 25.2. The van der Waals surface area contributed by atoms with Crippen LogP contribution in [0.4, 0.5) is 0 Å². The van der Waals surface area contributed by atoms with E-state index in [4.69, 9.17) is 9.05 Å². The molecule has 310 valence electrons. The highest BCUT2D eigenvalue weighted by atomic mass is 31.2. The van der Waals surface area contributed by atoms with E-state index in [-0.39, 0.29) is 12.5 Å². The highest BCUT2D eigenvalue weighted by molar-refractivity contribution is 7.45. The lowest BCUT2D eigenvalue weighted by Gasteiger charge is -2.29. The van der Waals surface area contributed by atoms with Crippen molar-refractivity contribution in [3.8, 4) is 0 Å². The first kappa shape index (κ1) is 51.5. The van der Waals surface area contributed by atoms with Crippen LogP contribution < -0.4 is 10.2 Å². The lowest BCUT2D eigenvalue weighted by atomic mass is 10.1. The van der Waals surface area contributed by atoms with Crippen LogP contribution >= 0.6 is 7.82 Å². The first-order chi connectivity index (χ1) is 25.5. The molecule has 0 aromatic rings. The van der Waals surface area contributed by atoms with Crippen molar-refractivity contribution in [1.29, 1.82) is 0 Å². The quantitative estimate of drug-likeness (QED) is 0.0280. The summed E-state index contributed by atoms with van der Waals surface area (Å²) in [5, 5.41) is 13.7. The lowest BCUT2D eigenvalue weighted by molar-refractivity contribution is -0.870. The Kier molecular flexibility index (Phi) is 35.1. The van der Waals surface area contributed by atoms with E-state index in [1.807, 2.05) is 27.2 Å². The number of rotatable bonds is 38. The predicted octanol–water partition coefficient (Wildman–Crippen LogP) is 11.1. The first-order valence-electron chi connectivity index (χ1n) is 21.5. The minimum absolute atomic E-state index is 0.0117. The van der Waals surface area contributed by atoms with Crippen molar-refractivity contribution >= 4 is 13.7 Å². The van der Waals surface area contributed by atoms with Gasteiger partial charge in [0.2, 0.25) is 5.91 Å². The van der Waals surface area contributed by atoms with Crippen LogP contribution in [0.15, 0.2) is 48.6 Å². The Hall–Kier alpha value is -1.54. The highest BCUT2D eigenvalue weighted by Crippen LogP contribution is 2.38. The van der Waals surface area contributed by atoms with Crippen LogP contribution in [0.5, 0.6) is 0 Å². The summed E-state index contributed by atoms with van der Waals surface area (Å²) in [6.45, 7) is 4.57. The average molecular weight is 767 g/mol. The number of quaternary nitrogens is 1. The predicted molar refractivity (Wildman–Crippen MR) is 224 cm³/mol. The topological polar surface area (TPSA) is 108 Å². The van der Waals surface area contributed by atoms with E-state index in [0.717, 1.165) is 64.2 Å². The highest BCUT2D eigenvalue weighted by Gasteiger charge is 2.23. The van der Waals surface area contributed by atoms with Gasteiger partial charge in [-0.2, -0.15) is 0 Å². The van der Waals surface area contributed by atoms with Gasteiger partial charge < -0.3 is 28.8 Å². The maximum absolute atomic E-state index is 12.8. The third kappa shape index (κ3) is 38.5. The molecule has 0 spiro atoms. The van der Waals surface area contributed by atoms with E-state index in [1.165, 1.54) is 89.9 Å². The maximum Gasteiger partial charge on any atom is 0.268 e. The van der Waals surface area contributed by atoms with E-state index < -0.39 is 26.6 Å². The zero-order chi connectivity index (χ0) is 39.3. The molecule has 9 heteroatoms. The Morgan fingerprint density at radius 2 is 1.06 bits per heavy atom. The molecule has 0 saturated carbocycles. The number of carbonyl (C=O) groups excluding carboxylic acids is 1. The van der Waals surface area contributed by atoms with E-state index in [1.54, 1.807) is 6.08 Å². The van der Waals surface area contributed by atoms with E-state index >= 15 is 0 Å². The number of allylic oxidation sites excluding steroid dienone is 7. The smallest absolute Gasteiger partial charge is 0.268 e. The molecule has 53 heavy (non-hydrogen) atoms. The molecule has 0 radical (unpaired) electrons. The second-order valence-corrected chi connectivity index (χ2v) is 17.1. The molecule has 0 aliphatic heterocycles. The number of aliphatic hydroxyl groups is 1. The summed E-state index contributed by atoms with van der Waals surface area (Å²) < 4.78 is 23.1. The minimum Gasteiger partial charge on any atom is -0.756 e. The normalized spacial score (nSPS) is 14.9. The maximum atomic E-state index is 12.8. The number of nitrogens with one attached hydrogen (secondary N) is 1. The van der Waals surface area contributed by atoms with Gasteiger partial charge >= 0.3 is 0 Å². The third-order valence-electron chi connectivity index (χ3n) is 9.24. The fraction of sp³-hybridized carbons (Fsp3) is 0.795. The number of unbranched alkanes of at least 4 members (excludes halogenated alkanes) is 19.